The zero-order valence-corrected chi connectivity index (χ0v) is 15.7. The van der Waals surface area contributed by atoms with E-state index in [-0.39, 0.29) is 18.7 Å². The molecule has 162 valence electrons. The lowest BCUT2D eigenvalue weighted by Crippen LogP contribution is -2.42. The lowest BCUT2D eigenvalue weighted by Gasteiger charge is -2.27. The van der Waals surface area contributed by atoms with Crippen LogP contribution in [0.3, 0.4) is 0 Å². The minimum absolute atomic E-state index is 0.0868. The fourth-order valence-corrected chi connectivity index (χ4v) is 3.90. The molecular formula is C18H18F5N5O2. The van der Waals surface area contributed by atoms with Gasteiger partial charge in [0.15, 0.2) is 0 Å². The molecule has 1 amide bonds. The van der Waals surface area contributed by atoms with Gasteiger partial charge >= 0.3 is 11.9 Å². The molecule has 0 bridgehead atoms. The number of carbonyl (C=O) groups is 1. The molecule has 4 heterocycles. The average molecular weight is 431 g/mol. The first-order valence-electron chi connectivity index (χ1n) is 9.41. The smallest absolute Gasteiger partial charge is 0.335 e. The molecule has 0 aromatic carbocycles. The van der Waals surface area contributed by atoms with Crippen LogP contribution in [-0.2, 0) is 23.9 Å². The maximum Gasteiger partial charge on any atom is 0.417 e. The molecule has 1 saturated heterocycles. The molecule has 7 nitrogen and oxygen atoms in total. The molecule has 1 fully saturated rings. The maximum atomic E-state index is 13.5. The predicted octanol–water partition coefficient (Wildman–Crippen LogP) is 2.25. The molecule has 2 aromatic rings. The third-order valence-electron chi connectivity index (χ3n) is 5.35. The molecule has 2 aliphatic heterocycles. The van der Waals surface area contributed by atoms with Crippen LogP contribution in [0.4, 0.5) is 22.0 Å². The van der Waals surface area contributed by atoms with Crippen LogP contribution in [0.1, 0.15) is 42.3 Å². The summed E-state index contributed by atoms with van der Waals surface area (Å²) in [6, 6.07) is -0.0595. The summed E-state index contributed by atoms with van der Waals surface area (Å²) in [6.07, 6.45) is -1.85. The number of aromatic nitrogens is 4. The van der Waals surface area contributed by atoms with E-state index in [9.17, 15) is 31.5 Å². The first-order valence-corrected chi connectivity index (χ1v) is 9.41. The second-order valence-corrected chi connectivity index (χ2v) is 7.58. The topological polar surface area (TPSA) is 73.0 Å². The van der Waals surface area contributed by atoms with Gasteiger partial charge < -0.3 is 4.90 Å². The van der Waals surface area contributed by atoms with Gasteiger partial charge in [-0.15, -0.1) is 0 Å². The van der Waals surface area contributed by atoms with Gasteiger partial charge in [0, 0.05) is 31.8 Å². The number of hydrogen-bond donors (Lipinski definition) is 0. The summed E-state index contributed by atoms with van der Waals surface area (Å²) in [5.74, 6) is -3.19. The minimum Gasteiger partial charge on any atom is -0.335 e. The number of fused-ring (bicyclic) bond motifs is 1. The summed E-state index contributed by atoms with van der Waals surface area (Å²) in [7, 11) is 0. The van der Waals surface area contributed by atoms with Crippen molar-refractivity contribution in [2.75, 3.05) is 13.1 Å². The van der Waals surface area contributed by atoms with E-state index in [0.29, 0.717) is 31.3 Å². The highest BCUT2D eigenvalue weighted by atomic mass is 19.4. The Kier molecular flexibility index (Phi) is 4.89. The van der Waals surface area contributed by atoms with Crippen molar-refractivity contribution in [3.05, 3.63) is 45.9 Å². The number of pyridine rings is 1. The SMILES string of the molecule is O=C([C@@H]1CCCc2nn(Cc3cncc(C(F)(F)F)c3)c(=O)n21)N1CCC(F)(F)C1. The second-order valence-electron chi connectivity index (χ2n) is 7.58. The normalized spacial score (nSPS) is 21.0. The van der Waals surface area contributed by atoms with Gasteiger partial charge in [-0.25, -0.2) is 18.3 Å². The van der Waals surface area contributed by atoms with E-state index < -0.39 is 48.3 Å². The Labute approximate surface area is 167 Å². The summed E-state index contributed by atoms with van der Waals surface area (Å²) in [4.78, 5) is 30.3. The van der Waals surface area contributed by atoms with E-state index in [1.54, 1.807) is 0 Å². The minimum atomic E-state index is -4.57. The Balaban J connectivity index is 1.61. The van der Waals surface area contributed by atoms with E-state index in [2.05, 4.69) is 10.1 Å². The molecule has 0 N–H and O–H groups in total. The van der Waals surface area contributed by atoms with Crippen LogP contribution < -0.4 is 5.69 Å². The molecule has 12 heteroatoms. The number of rotatable bonds is 3. The Hall–Kier alpha value is -2.79. The summed E-state index contributed by atoms with van der Waals surface area (Å²) < 4.78 is 67.8. The van der Waals surface area contributed by atoms with Gasteiger partial charge in [-0.3, -0.25) is 14.3 Å². The van der Waals surface area contributed by atoms with E-state index >= 15 is 0 Å². The molecule has 30 heavy (non-hydrogen) atoms. The van der Waals surface area contributed by atoms with Crippen LogP contribution in [0, 0.1) is 0 Å². The van der Waals surface area contributed by atoms with Gasteiger partial charge in [0.2, 0.25) is 5.91 Å². The largest absolute Gasteiger partial charge is 0.417 e. The molecule has 0 aliphatic carbocycles. The van der Waals surface area contributed by atoms with Crippen molar-refractivity contribution in [1.82, 2.24) is 24.2 Å². The van der Waals surface area contributed by atoms with E-state index in [4.69, 9.17) is 0 Å². The molecule has 0 saturated carbocycles. The van der Waals surface area contributed by atoms with Gasteiger partial charge in [-0.1, -0.05) is 0 Å². The maximum absolute atomic E-state index is 13.5. The molecule has 1 atom stereocenters. The van der Waals surface area contributed by atoms with Gasteiger partial charge in [0.1, 0.15) is 11.9 Å². The fourth-order valence-electron chi connectivity index (χ4n) is 3.90. The lowest BCUT2D eigenvalue weighted by atomic mass is 10.0. The lowest BCUT2D eigenvalue weighted by molar-refractivity contribution is -0.138. The third kappa shape index (κ3) is 3.82. The van der Waals surface area contributed by atoms with Gasteiger partial charge in [0.05, 0.1) is 18.7 Å². The number of aryl methyl sites for hydroxylation is 1. The number of alkyl halides is 5. The van der Waals surface area contributed by atoms with Crippen molar-refractivity contribution in [3.63, 3.8) is 0 Å². The first kappa shape index (κ1) is 20.5. The quantitative estimate of drug-likeness (QED) is 0.699. The van der Waals surface area contributed by atoms with Crippen LogP contribution in [0.15, 0.2) is 23.3 Å². The van der Waals surface area contributed by atoms with Crippen molar-refractivity contribution >= 4 is 5.91 Å². The Morgan fingerprint density at radius 2 is 2.03 bits per heavy atom. The predicted molar refractivity (Wildman–Crippen MR) is 92.9 cm³/mol. The number of carbonyl (C=O) groups excluding carboxylic acids is 1. The van der Waals surface area contributed by atoms with E-state index in [1.807, 2.05) is 0 Å². The van der Waals surface area contributed by atoms with E-state index in [1.165, 1.54) is 10.8 Å². The Bertz CT molecular complexity index is 1030. The van der Waals surface area contributed by atoms with Crippen LogP contribution in [0.2, 0.25) is 0 Å². The monoisotopic (exact) mass is 431 g/mol. The van der Waals surface area contributed by atoms with Crippen molar-refractivity contribution in [1.29, 1.82) is 0 Å². The summed E-state index contributed by atoms with van der Waals surface area (Å²) in [5.41, 5.74) is -1.48. The summed E-state index contributed by atoms with van der Waals surface area (Å²) >= 11 is 0. The third-order valence-corrected chi connectivity index (χ3v) is 5.35. The van der Waals surface area contributed by atoms with Crippen molar-refractivity contribution in [3.8, 4) is 0 Å². The van der Waals surface area contributed by atoms with Crippen molar-refractivity contribution in [2.24, 2.45) is 0 Å². The van der Waals surface area contributed by atoms with Gasteiger partial charge in [-0.05, 0) is 24.5 Å². The Morgan fingerprint density at radius 3 is 2.70 bits per heavy atom. The fraction of sp³-hybridized carbons (Fsp3) is 0.556. The van der Waals surface area contributed by atoms with Gasteiger partial charge in [-0.2, -0.15) is 18.3 Å². The number of halogens is 5. The number of amides is 1. The molecule has 2 aromatic heterocycles. The summed E-state index contributed by atoms with van der Waals surface area (Å²) in [5, 5.41) is 4.16. The average Bonchev–Trinajstić information content (AvgIpc) is 3.20. The zero-order chi connectivity index (χ0) is 21.7. The molecule has 4 rings (SSSR count). The highest BCUT2D eigenvalue weighted by molar-refractivity contribution is 5.81. The molecule has 0 spiro atoms. The highest BCUT2D eigenvalue weighted by Gasteiger charge is 2.43. The molecule has 0 radical (unpaired) electrons. The van der Waals surface area contributed by atoms with E-state index in [0.717, 1.165) is 15.6 Å². The van der Waals surface area contributed by atoms with Crippen LogP contribution in [0.25, 0.3) is 0 Å². The number of nitrogens with zero attached hydrogens (tertiary/aromatic N) is 5. The molecule has 0 unspecified atom stereocenters. The molecular weight excluding hydrogens is 413 g/mol. The van der Waals surface area contributed by atoms with Crippen LogP contribution in [-0.4, -0.2) is 49.2 Å². The zero-order valence-electron chi connectivity index (χ0n) is 15.7. The van der Waals surface area contributed by atoms with Crippen LogP contribution in [0.5, 0.6) is 0 Å². The van der Waals surface area contributed by atoms with Crippen molar-refractivity contribution in [2.45, 2.75) is 50.4 Å². The molecule has 2 aliphatic rings. The number of hydrogen-bond acceptors (Lipinski definition) is 4. The standard InChI is InChI=1S/C18H18F5N5O2/c19-17(20)4-5-26(10-17)15(29)13-2-1-3-14-25-27(16(30)28(13)14)9-11-6-12(8-24-7-11)18(21,22)23/h6-8,13H,1-5,9-10H2/t13-/m0/s1. The second kappa shape index (κ2) is 7.17. The highest BCUT2D eigenvalue weighted by Crippen LogP contribution is 2.31. The number of likely N-dealkylation sites (tertiary alicyclic amines) is 1. The van der Waals surface area contributed by atoms with Gasteiger partial charge in [0.25, 0.3) is 5.92 Å². The van der Waals surface area contributed by atoms with Crippen molar-refractivity contribution < 1.29 is 26.7 Å². The van der Waals surface area contributed by atoms with Crippen LogP contribution >= 0.6 is 0 Å². The first-order chi connectivity index (χ1) is 14.0. The Morgan fingerprint density at radius 1 is 1.27 bits per heavy atom. The summed E-state index contributed by atoms with van der Waals surface area (Å²) in [6.45, 7) is -1.02.